The van der Waals surface area contributed by atoms with Gasteiger partial charge < -0.3 is 10.8 Å². The third-order valence-corrected chi connectivity index (χ3v) is 4.92. The van der Waals surface area contributed by atoms with Crippen LogP contribution in [0.2, 0.25) is 0 Å². The summed E-state index contributed by atoms with van der Waals surface area (Å²) >= 11 is 1.99. The normalized spacial score (nSPS) is 24.1. The molecule has 0 aliphatic carbocycles. The van der Waals surface area contributed by atoms with Gasteiger partial charge in [-0.25, -0.2) is 0 Å². The van der Waals surface area contributed by atoms with E-state index >= 15 is 0 Å². The summed E-state index contributed by atoms with van der Waals surface area (Å²) in [5, 5.41) is 10.3. The van der Waals surface area contributed by atoms with E-state index in [1.54, 1.807) is 0 Å². The third kappa shape index (κ3) is 4.49. The predicted molar refractivity (Wildman–Crippen MR) is 82.5 cm³/mol. The van der Waals surface area contributed by atoms with E-state index in [4.69, 9.17) is 5.73 Å². The topological polar surface area (TPSA) is 49.5 Å². The summed E-state index contributed by atoms with van der Waals surface area (Å²) in [5.41, 5.74) is 7.32. The van der Waals surface area contributed by atoms with Crippen LogP contribution in [0.15, 0.2) is 30.3 Å². The Labute approximate surface area is 120 Å². The van der Waals surface area contributed by atoms with Crippen LogP contribution in [0.3, 0.4) is 0 Å². The average Bonchev–Trinajstić information content (AvgIpc) is 2.42. The molecule has 3 nitrogen and oxygen atoms in total. The van der Waals surface area contributed by atoms with Crippen molar-refractivity contribution in [2.75, 3.05) is 24.6 Å². The predicted octanol–water partition coefficient (Wildman–Crippen LogP) is 1.35. The second kappa shape index (κ2) is 7.29. The van der Waals surface area contributed by atoms with E-state index in [-0.39, 0.29) is 6.04 Å². The van der Waals surface area contributed by atoms with Crippen molar-refractivity contribution in [1.29, 1.82) is 0 Å². The van der Waals surface area contributed by atoms with Crippen LogP contribution in [0.4, 0.5) is 0 Å². The SMILES string of the molecule is CC1CSCCN1CC(O)C(N)Cc1ccccc1. The van der Waals surface area contributed by atoms with Crippen molar-refractivity contribution >= 4 is 11.8 Å². The highest BCUT2D eigenvalue weighted by atomic mass is 32.2. The van der Waals surface area contributed by atoms with Crippen LogP contribution in [0, 0.1) is 0 Å². The molecule has 0 radical (unpaired) electrons. The molecule has 0 bridgehead atoms. The Balaban J connectivity index is 1.83. The van der Waals surface area contributed by atoms with Gasteiger partial charge in [0.05, 0.1) is 6.10 Å². The van der Waals surface area contributed by atoms with E-state index in [1.807, 2.05) is 30.0 Å². The average molecular weight is 280 g/mol. The summed E-state index contributed by atoms with van der Waals surface area (Å²) in [6.45, 7) is 3.97. The molecule has 1 aliphatic heterocycles. The van der Waals surface area contributed by atoms with Crippen LogP contribution in [-0.4, -0.2) is 52.8 Å². The fourth-order valence-corrected chi connectivity index (χ4v) is 3.51. The number of aliphatic hydroxyl groups is 1. The van der Waals surface area contributed by atoms with Gasteiger partial charge in [-0.15, -0.1) is 0 Å². The standard InChI is InChI=1S/C15H24N2OS/c1-12-11-19-8-7-17(12)10-15(18)14(16)9-13-5-3-2-4-6-13/h2-6,12,14-15,18H,7-11,16H2,1H3. The summed E-state index contributed by atoms with van der Waals surface area (Å²) in [5.74, 6) is 2.31. The van der Waals surface area contributed by atoms with Gasteiger partial charge in [0, 0.05) is 36.7 Å². The van der Waals surface area contributed by atoms with E-state index < -0.39 is 6.10 Å². The summed E-state index contributed by atoms with van der Waals surface area (Å²) in [6, 6.07) is 10.5. The first-order valence-corrected chi connectivity index (χ1v) is 8.11. The van der Waals surface area contributed by atoms with E-state index in [0.29, 0.717) is 12.6 Å². The van der Waals surface area contributed by atoms with Crippen molar-refractivity contribution in [2.45, 2.75) is 31.5 Å². The molecule has 1 aromatic carbocycles. The lowest BCUT2D eigenvalue weighted by Gasteiger charge is -2.35. The molecule has 19 heavy (non-hydrogen) atoms. The Bertz CT molecular complexity index is 374. The van der Waals surface area contributed by atoms with Crippen molar-refractivity contribution in [3.63, 3.8) is 0 Å². The van der Waals surface area contributed by atoms with Crippen LogP contribution in [-0.2, 0) is 6.42 Å². The molecule has 4 heteroatoms. The second-order valence-electron chi connectivity index (χ2n) is 5.34. The molecule has 106 valence electrons. The number of nitrogens with two attached hydrogens (primary N) is 1. The fraction of sp³-hybridized carbons (Fsp3) is 0.600. The molecule has 0 saturated carbocycles. The van der Waals surface area contributed by atoms with Gasteiger partial charge in [-0.2, -0.15) is 11.8 Å². The van der Waals surface area contributed by atoms with Gasteiger partial charge in [0.1, 0.15) is 0 Å². The quantitative estimate of drug-likeness (QED) is 0.855. The lowest BCUT2D eigenvalue weighted by atomic mass is 10.0. The molecule has 1 fully saturated rings. The summed E-state index contributed by atoms with van der Waals surface area (Å²) in [4.78, 5) is 2.35. The number of benzene rings is 1. The molecule has 1 aliphatic rings. The van der Waals surface area contributed by atoms with Gasteiger partial charge in [-0.3, -0.25) is 4.90 Å². The molecule has 2 rings (SSSR count). The minimum absolute atomic E-state index is 0.191. The molecule has 1 heterocycles. The number of hydrogen-bond acceptors (Lipinski definition) is 4. The Morgan fingerprint density at radius 2 is 2.16 bits per heavy atom. The van der Waals surface area contributed by atoms with Gasteiger partial charge in [0.15, 0.2) is 0 Å². The molecule has 0 aromatic heterocycles. The first kappa shape index (κ1) is 14.9. The lowest BCUT2D eigenvalue weighted by Crippen LogP contribution is -2.49. The highest BCUT2D eigenvalue weighted by Crippen LogP contribution is 2.16. The Morgan fingerprint density at radius 1 is 1.42 bits per heavy atom. The van der Waals surface area contributed by atoms with E-state index in [9.17, 15) is 5.11 Å². The molecular weight excluding hydrogens is 256 g/mol. The van der Waals surface area contributed by atoms with Crippen LogP contribution < -0.4 is 5.73 Å². The van der Waals surface area contributed by atoms with Crippen molar-refractivity contribution < 1.29 is 5.11 Å². The Kier molecular flexibility index (Phi) is 5.70. The minimum Gasteiger partial charge on any atom is -0.390 e. The maximum atomic E-state index is 10.3. The first-order chi connectivity index (χ1) is 9.16. The van der Waals surface area contributed by atoms with Gasteiger partial charge in [0.25, 0.3) is 0 Å². The summed E-state index contributed by atoms with van der Waals surface area (Å²) in [7, 11) is 0. The molecule has 1 aromatic rings. The Hall–Kier alpha value is -0.550. The number of rotatable bonds is 5. The van der Waals surface area contributed by atoms with Gasteiger partial charge >= 0.3 is 0 Å². The van der Waals surface area contributed by atoms with Crippen molar-refractivity contribution in [1.82, 2.24) is 4.90 Å². The first-order valence-electron chi connectivity index (χ1n) is 6.96. The summed E-state index contributed by atoms with van der Waals surface area (Å²) in [6.07, 6.45) is 0.282. The van der Waals surface area contributed by atoms with Crippen LogP contribution in [0.1, 0.15) is 12.5 Å². The highest BCUT2D eigenvalue weighted by Gasteiger charge is 2.24. The van der Waals surface area contributed by atoms with Gasteiger partial charge in [-0.1, -0.05) is 30.3 Å². The fourth-order valence-electron chi connectivity index (χ4n) is 2.43. The van der Waals surface area contributed by atoms with E-state index in [1.165, 1.54) is 5.56 Å². The lowest BCUT2D eigenvalue weighted by molar-refractivity contribution is 0.0794. The molecular formula is C15H24N2OS. The van der Waals surface area contributed by atoms with E-state index in [2.05, 4.69) is 24.0 Å². The zero-order chi connectivity index (χ0) is 13.7. The Morgan fingerprint density at radius 3 is 2.84 bits per heavy atom. The second-order valence-corrected chi connectivity index (χ2v) is 6.49. The van der Waals surface area contributed by atoms with Crippen molar-refractivity contribution in [2.24, 2.45) is 5.73 Å². The molecule has 3 atom stereocenters. The molecule has 3 N–H and O–H groups in total. The number of hydrogen-bond donors (Lipinski definition) is 2. The van der Waals surface area contributed by atoms with Gasteiger partial charge in [0.2, 0.25) is 0 Å². The van der Waals surface area contributed by atoms with Crippen molar-refractivity contribution in [3.05, 3.63) is 35.9 Å². The monoisotopic (exact) mass is 280 g/mol. The number of nitrogens with zero attached hydrogens (tertiary/aromatic N) is 1. The highest BCUT2D eigenvalue weighted by molar-refractivity contribution is 7.99. The van der Waals surface area contributed by atoms with Crippen LogP contribution >= 0.6 is 11.8 Å². The number of aliphatic hydroxyl groups excluding tert-OH is 1. The third-order valence-electron chi connectivity index (χ3n) is 3.74. The zero-order valence-corrected chi connectivity index (χ0v) is 12.4. The minimum atomic E-state index is -0.453. The molecule has 0 amide bonds. The van der Waals surface area contributed by atoms with Crippen LogP contribution in [0.5, 0.6) is 0 Å². The molecule has 1 saturated heterocycles. The maximum absolute atomic E-state index is 10.3. The largest absolute Gasteiger partial charge is 0.390 e. The van der Waals surface area contributed by atoms with Crippen LogP contribution in [0.25, 0.3) is 0 Å². The molecule has 3 unspecified atom stereocenters. The smallest absolute Gasteiger partial charge is 0.0821 e. The van der Waals surface area contributed by atoms with Gasteiger partial charge in [-0.05, 0) is 18.9 Å². The van der Waals surface area contributed by atoms with Crippen molar-refractivity contribution in [3.8, 4) is 0 Å². The van der Waals surface area contributed by atoms with E-state index in [0.717, 1.165) is 24.5 Å². The number of β-amino-alcohol motifs (C(OH)–C–C–N with tert-alkyl or cyclic N) is 1. The number of thioether (sulfide) groups is 1. The zero-order valence-electron chi connectivity index (χ0n) is 11.5. The maximum Gasteiger partial charge on any atom is 0.0821 e. The molecule has 0 spiro atoms. The summed E-state index contributed by atoms with van der Waals surface area (Å²) < 4.78 is 0.